The molecule has 3 nitrogen and oxygen atoms in total. The third-order valence-electron chi connectivity index (χ3n) is 2.82. The van der Waals surface area contributed by atoms with Gasteiger partial charge in [-0.1, -0.05) is 6.92 Å². The van der Waals surface area contributed by atoms with Gasteiger partial charge in [-0.15, -0.1) is 0 Å². The van der Waals surface area contributed by atoms with Gasteiger partial charge in [0.2, 0.25) is 0 Å². The highest BCUT2D eigenvalue weighted by atomic mass is 16.6. The lowest BCUT2D eigenvalue weighted by atomic mass is 10.0. The fraction of sp³-hybridized carbons (Fsp3) is 1.00. The average molecular weight is 186 g/mol. The molecule has 0 aromatic carbocycles. The van der Waals surface area contributed by atoms with Crippen molar-refractivity contribution in [3.05, 3.63) is 0 Å². The van der Waals surface area contributed by atoms with Crippen LogP contribution in [0.3, 0.4) is 0 Å². The molecule has 1 fully saturated rings. The second kappa shape index (κ2) is 6.35. The summed E-state index contributed by atoms with van der Waals surface area (Å²) in [5, 5.41) is 0. The van der Waals surface area contributed by atoms with Gasteiger partial charge in [-0.05, 0) is 38.3 Å². The molecule has 1 aliphatic heterocycles. The van der Waals surface area contributed by atoms with E-state index in [0.717, 1.165) is 12.5 Å². The van der Waals surface area contributed by atoms with Gasteiger partial charge in [0, 0.05) is 13.6 Å². The lowest BCUT2D eigenvalue weighted by Crippen LogP contribution is -2.19. The minimum Gasteiger partial charge on any atom is -0.303 e. The molecule has 1 N–H and O–H groups in total. The zero-order valence-electron chi connectivity index (χ0n) is 8.88. The molecule has 1 heterocycles. The van der Waals surface area contributed by atoms with Crippen molar-refractivity contribution in [2.75, 3.05) is 33.3 Å². The number of hydrogen-bond donors (Lipinski definition) is 1. The predicted molar refractivity (Wildman–Crippen MR) is 54.5 cm³/mol. The van der Waals surface area contributed by atoms with Crippen LogP contribution in [0, 0.1) is 5.92 Å². The Morgan fingerprint density at radius 2 is 2.38 bits per heavy atom. The zero-order valence-corrected chi connectivity index (χ0v) is 8.88. The van der Waals surface area contributed by atoms with Crippen molar-refractivity contribution in [1.82, 2.24) is 10.4 Å². The second-order valence-electron chi connectivity index (χ2n) is 3.74. The minimum atomic E-state index is 0.846. The molecule has 0 radical (unpaired) electrons. The Hall–Kier alpha value is -0.120. The van der Waals surface area contributed by atoms with E-state index < -0.39 is 0 Å². The number of likely N-dealkylation sites (tertiary alicyclic amines) is 1. The summed E-state index contributed by atoms with van der Waals surface area (Å²) in [7, 11) is 1.81. The normalized spacial score (nSPS) is 24.0. The molecule has 0 amide bonds. The average Bonchev–Trinajstić information content (AvgIpc) is 2.60. The third kappa shape index (κ3) is 4.07. The van der Waals surface area contributed by atoms with Crippen LogP contribution in [0.5, 0.6) is 0 Å². The van der Waals surface area contributed by atoms with E-state index in [4.69, 9.17) is 4.84 Å². The molecule has 78 valence electrons. The van der Waals surface area contributed by atoms with Gasteiger partial charge in [-0.25, -0.2) is 5.48 Å². The monoisotopic (exact) mass is 186 g/mol. The first kappa shape index (κ1) is 11.0. The number of rotatable bonds is 6. The number of nitrogens with zero attached hydrogens (tertiary/aromatic N) is 1. The maximum absolute atomic E-state index is 5.08. The van der Waals surface area contributed by atoms with Crippen molar-refractivity contribution in [3.63, 3.8) is 0 Å². The standard InChI is InChI=1S/C10H22N2O/c1-3-12-7-6-10(9-12)5-4-8-13-11-2/h10-11H,3-9H2,1-2H3. The van der Waals surface area contributed by atoms with Crippen molar-refractivity contribution < 1.29 is 4.84 Å². The first-order valence-corrected chi connectivity index (χ1v) is 5.37. The van der Waals surface area contributed by atoms with E-state index in [1.165, 1.54) is 38.9 Å². The predicted octanol–water partition coefficient (Wildman–Crippen LogP) is 1.26. The largest absolute Gasteiger partial charge is 0.303 e. The van der Waals surface area contributed by atoms with E-state index in [1.807, 2.05) is 7.05 Å². The highest BCUT2D eigenvalue weighted by Crippen LogP contribution is 2.20. The second-order valence-corrected chi connectivity index (χ2v) is 3.74. The van der Waals surface area contributed by atoms with Gasteiger partial charge in [-0.3, -0.25) is 0 Å². The molecule has 0 aromatic rings. The van der Waals surface area contributed by atoms with Gasteiger partial charge in [0.25, 0.3) is 0 Å². The highest BCUT2D eigenvalue weighted by Gasteiger charge is 2.20. The van der Waals surface area contributed by atoms with Crippen LogP contribution in [0.1, 0.15) is 26.2 Å². The summed E-state index contributed by atoms with van der Waals surface area (Å²) >= 11 is 0. The summed E-state index contributed by atoms with van der Waals surface area (Å²) in [5.74, 6) is 0.917. The molecule has 1 rings (SSSR count). The minimum absolute atomic E-state index is 0.846. The van der Waals surface area contributed by atoms with Crippen LogP contribution < -0.4 is 5.48 Å². The van der Waals surface area contributed by atoms with Crippen molar-refractivity contribution in [3.8, 4) is 0 Å². The quantitative estimate of drug-likeness (QED) is 0.499. The van der Waals surface area contributed by atoms with E-state index in [0.29, 0.717) is 0 Å². The fourth-order valence-corrected chi connectivity index (χ4v) is 1.98. The summed E-state index contributed by atoms with van der Waals surface area (Å²) in [6, 6.07) is 0. The van der Waals surface area contributed by atoms with E-state index in [9.17, 15) is 0 Å². The van der Waals surface area contributed by atoms with E-state index in [2.05, 4.69) is 17.3 Å². The van der Waals surface area contributed by atoms with Crippen molar-refractivity contribution in [2.24, 2.45) is 5.92 Å². The van der Waals surface area contributed by atoms with Crippen molar-refractivity contribution in [1.29, 1.82) is 0 Å². The topological polar surface area (TPSA) is 24.5 Å². The first-order valence-electron chi connectivity index (χ1n) is 5.37. The van der Waals surface area contributed by atoms with Crippen LogP contribution in [0.25, 0.3) is 0 Å². The molecule has 0 spiro atoms. The van der Waals surface area contributed by atoms with Gasteiger partial charge >= 0.3 is 0 Å². The molecular formula is C10H22N2O. The molecular weight excluding hydrogens is 164 g/mol. The summed E-state index contributed by atoms with van der Waals surface area (Å²) in [6.07, 6.45) is 3.88. The van der Waals surface area contributed by atoms with Gasteiger partial charge in [-0.2, -0.15) is 0 Å². The van der Waals surface area contributed by atoms with E-state index in [-0.39, 0.29) is 0 Å². The highest BCUT2D eigenvalue weighted by molar-refractivity contribution is 4.74. The first-order chi connectivity index (χ1) is 6.36. The fourth-order valence-electron chi connectivity index (χ4n) is 1.98. The Kier molecular flexibility index (Phi) is 5.35. The van der Waals surface area contributed by atoms with Gasteiger partial charge in [0.1, 0.15) is 0 Å². The smallest absolute Gasteiger partial charge is 0.0682 e. The molecule has 1 unspecified atom stereocenters. The molecule has 1 saturated heterocycles. The van der Waals surface area contributed by atoms with Crippen molar-refractivity contribution >= 4 is 0 Å². The van der Waals surface area contributed by atoms with Crippen LogP contribution in [-0.4, -0.2) is 38.2 Å². The Labute approximate surface area is 81.4 Å². The van der Waals surface area contributed by atoms with Crippen LogP contribution in [0.15, 0.2) is 0 Å². The lowest BCUT2D eigenvalue weighted by molar-refractivity contribution is 0.0533. The molecule has 1 aliphatic rings. The maximum atomic E-state index is 5.08. The van der Waals surface area contributed by atoms with Crippen LogP contribution >= 0.6 is 0 Å². The molecule has 3 heteroatoms. The number of hydroxylamine groups is 1. The van der Waals surface area contributed by atoms with Crippen LogP contribution in [-0.2, 0) is 4.84 Å². The molecule has 0 aliphatic carbocycles. The Morgan fingerprint density at radius 3 is 3.00 bits per heavy atom. The van der Waals surface area contributed by atoms with E-state index >= 15 is 0 Å². The molecule has 0 saturated carbocycles. The van der Waals surface area contributed by atoms with Gasteiger partial charge < -0.3 is 9.74 Å². The Balaban J connectivity index is 1.97. The van der Waals surface area contributed by atoms with Gasteiger partial charge in [0.05, 0.1) is 6.61 Å². The summed E-state index contributed by atoms with van der Waals surface area (Å²) in [6.45, 7) is 6.90. The SMILES string of the molecule is CCN1CCC(CCCONC)C1. The van der Waals surface area contributed by atoms with Crippen LogP contribution in [0.2, 0.25) is 0 Å². The third-order valence-corrected chi connectivity index (χ3v) is 2.82. The molecule has 0 bridgehead atoms. The molecule has 13 heavy (non-hydrogen) atoms. The Morgan fingerprint density at radius 1 is 1.54 bits per heavy atom. The zero-order chi connectivity index (χ0) is 9.52. The summed E-state index contributed by atoms with van der Waals surface area (Å²) in [4.78, 5) is 7.61. The van der Waals surface area contributed by atoms with Crippen molar-refractivity contribution in [2.45, 2.75) is 26.2 Å². The lowest BCUT2D eigenvalue weighted by Gasteiger charge is -2.12. The molecule has 1 atom stereocenters. The summed E-state index contributed by atoms with van der Waals surface area (Å²) in [5.41, 5.74) is 2.70. The van der Waals surface area contributed by atoms with Crippen LogP contribution in [0.4, 0.5) is 0 Å². The Bertz CT molecular complexity index is 130. The summed E-state index contributed by atoms with van der Waals surface area (Å²) < 4.78 is 0. The number of nitrogens with one attached hydrogen (secondary N) is 1. The molecule has 0 aromatic heterocycles. The van der Waals surface area contributed by atoms with E-state index in [1.54, 1.807) is 0 Å². The maximum Gasteiger partial charge on any atom is 0.0682 e. The number of hydrogen-bond acceptors (Lipinski definition) is 3. The van der Waals surface area contributed by atoms with Gasteiger partial charge in [0.15, 0.2) is 0 Å².